The molecule has 0 spiro atoms. The summed E-state index contributed by atoms with van der Waals surface area (Å²) in [5, 5.41) is 0.248. The molecular formula is C20H17Br2NO3. The van der Waals surface area contributed by atoms with Crippen LogP contribution in [0.4, 0.5) is 5.69 Å². The zero-order valence-corrected chi connectivity index (χ0v) is 17.3. The Balaban J connectivity index is 2.11. The molecule has 0 unspecified atom stereocenters. The molecule has 0 N–H and O–H groups in total. The lowest BCUT2D eigenvalue weighted by Crippen LogP contribution is -2.27. The summed E-state index contributed by atoms with van der Waals surface area (Å²) in [4.78, 5) is 27.3. The van der Waals surface area contributed by atoms with E-state index in [1.54, 1.807) is 11.8 Å². The molecule has 134 valence electrons. The van der Waals surface area contributed by atoms with Gasteiger partial charge in [-0.05, 0) is 30.7 Å². The second-order valence-corrected chi connectivity index (χ2v) is 7.22. The van der Waals surface area contributed by atoms with Crippen LogP contribution in [-0.4, -0.2) is 23.8 Å². The molecule has 0 saturated heterocycles. The number of fused-ring (bicyclic) bond motifs is 1. The minimum absolute atomic E-state index is 0.190. The normalized spacial score (nSPS) is 15.0. The molecule has 0 atom stereocenters. The van der Waals surface area contributed by atoms with Crippen LogP contribution >= 0.6 is 31.9 Å². The van der Waals surface area contributed by atoms with E-state index in [0.717, 1.165) is 21.3 Å². The van der Waals surface area contributed by atoms with Crippen molar-refractivity contribution < 1.29 is 14.3 Å². The van der Waals surface area contributed by atoms with Gasteiger partial charge in [0.1, 0.15) is 0 Å². The van der Waals surface area contributed by atoms with Crippen LogP contribution in [0.1, 0.15) is 18.1 Å². The van der Waals surface area contributed by atoms with Gasteiger partial charge in [-0.1, -0.05) is 62.2 Å². The Bertz CT molecular complexity index is 878. The van der Waals surface area contributed by atoms with Gasteiger partial charge < -0.3 is 9.64 Å². The van der Waals surface area contributed by atoms with Crippen LogP contribution < -0.4 is 4.90 Å². The molecule has 1 heterocycles. The van der Waals surface area contributed by atoms with E-state index in [9.17, 15) is 9.59 Å². The Morgan fingerprint density at radius 1 is 1.15 bits per heavy atom. The van der Waals surface area contributed by atoms with Crippen molar-refractivity contribution in [3.63, 3.8) is 0 Å². The summed E-state index contributed by atoms with van der Waals surface area (Å²) in [5.74, 6) is -0.662. The number of anilines is 1. The highest BCUT2D eigenvalue weighted by molar-refractivity contribution is 9.10. The molecule has 0 aromatic heterocycles. The highest BCUT2D eigenvalue weighted by Gasteiger charge is 2.36. The van der Waals surface area contributed by atoms with Crippen molar-refractivity contribution in [1.29, 1.82) is 0 Å². The van der Waals surface area contributed by atoms with Gasteiger partial charge in [0.05, 0.1) is 30.0 Å². The van der Waals surface area contributed by atoms with Gasteiger partial charge in [-0.15, -0.1) is 0 Å². The van der Waals surface area contributed by atoms with Crippen LogP contribution in [0.2, 0.25) is 0 Å². The molecule has 2 aromatic rings. The van der Waals surface area contributed by atoms with Crippen molar-refractivity contribution in [2.24, 2.45) is 0 Å². The summed E-state index contributed by atoms with van der Waals surface area (Å²) in [5.41, 5.74) is 3.29. The minimum Gasteiger partial charge on any atom is -0.463 e. The first-order valence-corrected chi connectivity index (χ1v) is 10.1. The fraction of sp³-hybridized carbons (Fsp3) is 0.200. The Morgan fingerprint density at radius 3 is 2.54 bits per heavy atom. The van der Waals surface area contributed by atoms with E-state index in [-0.39, 0.29) is 17.8 Å². The van der Waals surface area contributed by atoms with Gasteiger partial charge in [-0.25, -0.2) is 4.79 Å². The first-order chi connectivity index (χ1) is 12.6. The summed E-state index contributed by atoms with van der Waals surface area (Å²) in [6, 6.07) is 15.4. The van der Waals surface area contributed by atoms with Crippen molar-refractivity contribution in [1.82, 2.24) is 0 Å². The molecule has 0 aliphatic carbocycles. The Hall–Kier alpha value is -1.92. The van der Waals surface area contributed by atoms with E-state index in [1.807, 2.05) is 48.5 Å². The number of nitrogens with zero attached hydrogens (tertiary/aromatic N) is 1. The number of benzene rings is 2. The van der Waals surface area contributed by atoms with E-state index < -0.39 is 5.97 Å². The molecule has 3 rings (SSSR count). The molecule has 0 fully saturated rings. The van der Waals surface area contributed by atoms with Gasteiger partial charge in [0.15, 0.2) is 0 Å². The lowest BCUT2D eigenvalue weighted by molar-refractivity contribution is -0.138. The summed E-state index contributed by atoms with van der Waals surface area (Å²) in [6.45, 7) is 2.45. The Kier molecular flexibility index (Phi) is 5.94. The van der Waals surface area contributed by atoms with Crippen LogP contribution in [0.25, 0.3) is 5.57 Å². The number of rotatable bonds is 5. The van der Waals surface area contributed by atoms with E-state index in [4.69, 9.17) is 4.74 Å². The van der Waals surface area contributed by atoms with E-state index in [0.29, 0.717) is 17.7 Å². The number of halogens is 2. The van der Waals surface area contributed by atoms with Gasteiger partial charge >= 0.3 is 5.97 Å². The van der Waals surface area contributed by atoms with Crippen molar-refractivity contribution >= 4 is 55.0 Å². The highest BCUT2D eigenvalue weighted by Crippen LogP contribution is 2.41. The minimum atomic E-state index is -0.472. The largest absolute Gasteiger partial charge is 0.463 e. The highest BCUT2D eigenvalue weighted by atomic mass is 79.9. The molecule has 26 heavy (non-hydrogen) atoms. The molecule has 0 saturated carbocycles. The van der Waals surface area contributed by atoms with Crippen molar-refractivity contribution in [3.05, 3.63) is 69.7 Å². The molecule has 2 aromatic carbocycles. The van der Waals surface area contributed by atoms with Crippen LogP contribution in [0, 0.1) is 0 Å². The molecule has 1 aliphatic heterocycles. The Labute approximate surface area is 169 Å². The predicted octanol–water partition coefficient (Wildman–Crippen LogP) is 4.71. The van der Waals surface area contributed by atoms with E-state index in [2.05, 4.69) is 31.9 Å². The summed E-state index contributed by atoms with van der Waals surface area (Å²) >= 11 is 6.80. The average Bonchev–Trinajstić information content (AvgIpc) is 2.89. The number of amides is 1. The number of hydrogen-bond acceptors (Lipinski definition) is 3. The molecule has 1 aliphatic rings. The fourth-order valence-corrected chi connectivity index (χ4v) is 3.83. The molecule has 4 nitrogen and oxygen atoms in total. The van der Waals surface area contributed by atoms with Gasteiger partial charge in [0.25, 0.3) is 5.91 Å². The smallest absolute Gasteiger partial charge is 0.335 e. The first-order valence-electron chi connectivity index (χ1n) is 8.18. The Morgan fingerprint density at radius 2 is 1.88 bits per heavy atom. The van der Waals surface area contributed by atoms with Crippen molar-refractivity contribution in [2.45, 2.75) is 13.5 Å². The van der Waals surface area contributed by atoms with Gasteiger partial charge in [-0.3, -0.25) is 4.79 Å². The molecule has 1 amide bonds. The number of ether oxygens (including phenoxy) is 1. The average molecular weight is 479 g/mol. The summed E-state index contributed by atoms with van der Waals surface area (Å²) in [6.07, 6.45) is 0. The van der Waals surface area contributed by atoms with Crippen LogP contribution in [0.15, 0.2) is 58.6 Å². The van der Waals surface area contributed by atoms with Crippen LogP contribution in [0.5, 0.6) is 0 Å². The van der Waals surface area contributed by atoms with Crippen LogP contribution in [0.3, 0.4) is 0 Å². The molecule has 0 radical (unpaired) electrons. The van der Waals surface area contributed by atoms with Gasteiger partial charge in [0.2, 0.25) is 0 Å². The number of alkyl halides is 1. The van der Waals surface area contributed by atoms with Crippen molar-refractivity contribution in [3.8, 4) is 0 Å². The quantitative estimate of drug-likeness (QED) is 0.355. The third-order valence-electron chi connectivity index (χ3n) is 4.12. The maximum absolute atomic E-state index is 13.2. The van der Waals surface area contributed by atoms with Gasteiger partial charge in [-0.2, -0.15) is 0 Å². The third kappa shape index (κ3) is 3.62. The second kappa shape index (κ2) is 8.18. The number of hydrogen-bond donors (Lipinski definition) is 0. The van der Waals surface area contributed by atoms with Gasteiger partial charge in [0, 0.05) is 15.4 Å². The van der Waals surface area contributed by atoms with Crippen molar-refractivity contribution in [2.75, 3.05) is 16.8 Å². The maximum atomic E-state index is 13.2. The predicted molar refractivity (Wildman–Crippen MR) is 109 cm³/mol. The molecular weight excluding hydrogens is 462 g/mol. The van der Waals surface area contributed by atoms with E-state index >= 15 is 0 Å². The zero-order chi connectivity index (χ0) is 18.7. The zero-order valence-electron chi connectivity index (χ0n) is 14.2. The summed E-state index contributed by atoms with van der Waals surface area (Å²) in [7, 11) is 0. The van der Waals surface area contributed by atoms with E-state index in [1.165, 1.54) is 0 Å². The second-order valence-electron chi connectivity index (χ2n) is 5.75. The standard InChI is InChI=1S/C20H17Br2NO3/c1-2-26-20(25)16(11-21)18-15-10-14(22)8-9-17(15)23(19(18)24)12-13-6-4-3-5-7-13/h3-10H,2,11-12H2,1H3/b18-16-. The number of carbonyl (C=O) groups is 2. The maximum Gasteiger partial charge on any atom is 0.335 e. The molecule has 6 heteroatoms. The fourth-order valence-electron chi connectivity index (χ4n) is 2.96. The monoisotopic (exact) mass is 477 g/mol. The SMILES string of the molecule is CCOC(=O)/C(CBr)=C1\C(=O)N(Cc2ccccc2)c2ccc(Br)cc21. The number of carbonyl (C=O) groups excluding carboxylic acids is 2. The first kappa shape index (κ1) is 18.9. The summed E-state index contributed by atoms with van der Waals surface area (Å²) < 4.78 is 5.99. The number of esters is 1. The topological polar surface area (TPSA) is 46.6 Å². The lowest BCUT2D eigenvalue weighted by atomic mass is 10.0. The lowest BCUT2D eigenvalue weighted by Gasteiger charge is -2.17. The molecule has 0 bridgehead atoms. The third-order valence-corrected chi connectivity index (χ3v) is 5.17. The van der Waals surface area contributed by atoms with Crippen LogP contribution in [-0.2, 0) is 20.9 Å².